The second-order valence-corrected chi connectivity index (χ2v) is 4.58. The number of aromatic nitrogens is 1. The lowest BCUT2D eigenvalue weighted by atomic mass is 10.1. The van der Waals surface area contributed by atoms with E-state index >= 15 is 0 Å². The molecule has 0 fully saturated rings. The molecule has 1 aromatic carbocycles. The normalized spacial score (nSPS) is 11.9. The summed E-state index contributed by atoms with van der Waals surface area (Å²) in [5.74, 6) is -1.06. The molecule has 2 aromatic rings. The summed E-state index contributed by atoms with van der Waals surface area (Å²) in [5.41, 5.74) is 1.40. The number of benzene rings is 1. The van der Waals surface area contributed by atoms with E-state index < -0.39 is 5.97 Å². The second kappa shape index (κ2) is 5.69. The lowest BCUT2D eigenvalue weighted by Gasteiger charge is -2.16. The van der Waals surface area contributed by atoms with Gasteiger partial charge in [-0.25, -0.2) is 14.2 Å². The van der Waals surface area contributed by atoms with E-state index in [1.165, 1.54) is 18.3 Å². The fourth-order valence-electron chi connectivity index (χ4n) is 1.86. The first-order chi connectivity index (χ1) is 9.49. The molecule has 2 rings (SSSR count). The fourth-order valence-corrected chi connectivity index (χ4v) is 1.86. The van der Waals surface area contributed by atoms with Crippen molar-refractivity contribution >= 4 is 11.8 Å². The number of pyridine rings is 1. The maximum Gasteiger partial charge on any atom is 0.339 e. The van der Waals surface area contributed by atoms with Crippen LogP contribution in [0.25, 0.3) is 0 Å². The van der Waals surface area contributed by atoms with Gasteiger partial charge >= 0.3 is 5.97 Å². The number of carboxylic acids is 1. The first-order valence-electron chi connectivity index (χ1n) is 6.20. The van der Waals surface area contributed by atoms with E-state index in [1.54, 1.807) is 25.1 Å². The van der Waals surface area contributed by atoms with Gasteiger partial charge in [0.25, 0.3) is 0 Å². The number of aromatic carboxylic acids is 1. The molecule has 0 spiro atoms. The summed E-state index contributed by atoms with van der Waals surface area (Å²) in [6, 6.07) is 7.72. The first-order valence-corrected chi connectivity index (χ1v) is 6.20. The predicted molar refractivity (Wildman–Crippen MR) is 74.4 cm³/mol. The number of carboxylic acid groups (broad SMARTS) is 1. The molecule has 2 N–H and O–H groups in total. The van der Waals surface area contributed by atoms with Gasteiger partial charge in [-0.3, -0.25) is 0 Å². The minimum absolute atomic E-state index is 0.0898. The number of anilines is 1. The Morgan fingerprint density at radius 2 is 2.15 bits per heavy atom. The van der Waals surface area contributed by atoms with E-state index in [0.29, 0.717) is 5.56 Å². The van der Waals surface area contributed by atoms with Crippen LogP contribution in [0.1, 0.15) is 34.5 Å². The molecule has 0 aliphatic carbocycles. The molecular weight excluding hydrogens is 259 g/mol. The van der Waals surface area contributed by atoms with Gasteiger partial charge in [0.1, 0.15) is 17.2 Å². The molecule has 1 atom stereocenters. The fraction of sp³-hybridized carbons (Fsp3) is 0.200. The van der Waals surface area contributed by atoms with Crippen LogP contribution in [0, 0.1) is 12.7 Å². The number of nitrogens with zero attached hydrogens (tertiary/aromatic N) is 1. The van der Waals surface area contributed by atoms with E-state index in [9.17, 15) is 9.18 Å². The third kappa shape index (κ3) is 2.93. The van der Waals surface area contributed by atoms with Gasteiger partial charge in [-0.05, 0) is 43.2 Å². The van der Waals surface area contributed by atoms with Gasteiger partial charge in [0.2, 0.25) is 0 Å². The van der Waals surface area contributed by atoms with Gasteiger partial charge in [-0.1, -0.05) is 12.1 Å². The zero-order chi connectivity index (χ0) is 14.7. The number of carbonyl (C=O) groups is 1. The highest BCUT2D eigenvalue weighted by atomic mass is 19.1. The summed E-state index contributed by atoms with van der Waals surface area (Å²) in [6.45, 7) is 3.52. The Kier molecular flexibility index (Phi) is 3.98. The van der Waals surface area contributed by atoms with Crippen molar-refractivity contribution in [3.8, 4) is 0 Å². The summed E-state index contributed by atoms with van der Waals surface area (Å²) in [7, 11) is 0. The van der Waals surface area contributed by atoms with E-state index in [4.69, 9.17) is 5.11 Å². The Hall–Kier alpha value is -2.43. The van der Waals surface area contributed by atoms with Crippen LogP contribution in [0.4, 0.5) is 10.2 Å². The van der Waals surface area contributed by atoms with Crippen LogP contribution in [0.2, 0.25) is 0 Å². The van der Waals surface area contributed by atoms with Gasteiger partial charge in [-0.15, -0.1) is 0 Å². The number of rotatable bonds is 4. The standard InChI is InChI=1S/C15H15FN2O2/c1-9-5-6-11(8-13(9)16)10(2)18-14-12(15(19)20)4-3-7-17-14/h3-8,10H,1-2H3,(H,17,18)(H,19,20). The van der Waals surface area contributed by atoms with Crippen molar-refractivity contribution in [2.24, 2.45) is 0 Å². The Morgan fingerprint density at radius 1 is 1.40 bits per heavy atom. The van der Waals surface area contributed by atoms with E-state index in [2.05, 4.69) is 10.3 Å². The Labute approximate surface area is 116 Å². The van der Waals surface area contributed by atoms with E-state index in [0.717, 1.165) is 5.56 Å². The van der Waals surface area contributed by atoms with Crippen molar-refractivity contribution in [2.45, 2.75) is 19.9 Å². The summed E-state index contributed by atoms with van der Waals surface area (Å²) in [4.78, 5) is 15.1. The highest BCUT2D eigenvalue weighted by Gasteiger charge is 2.14. The third-order valence-electron chi connectivity index (χ3n) is 3.09. The van der Waals surface area contributed by atoms with Crippen LogP contribution in [0.15, 0.2) is 36.5 Å². The molecule has 0 aliphatic rings. The molecule has 0 saturated carbocycles. The van der Waals surface area contributed by atoms with E-state index in [1.807, 2.05) is 6.92 Å². The molecule has 4 nitrogen and oxygen atoms in total. The molecular formula is C15H15FN2O2. The topological polar surface area (TPSA) is 62.2 Å². The molecule has 0 amide bonds. The molecule has 1 unspecified atom stereocenters. The minimum atomic E-state index is -1.05. The lowest BCUT2D eigenvalue weighted by Crippen LogP contribution is -2.12. The molecule has 0 bridgehead atoms. The van der Waals surface area contributed by atoms with Crippen LogP contribution < -0.4 is 5.32 Å². The number of halogens is 1. The third-order valence-corrected chi connectivity index (χ3v) is 3.09. The number of nitrogens with one attached hydrogen (secondary N) is 1. The zero-order valence-electron chi connectivity index (χ0n) is 11.2. The van der Waals surface area contributed by atoms with Crippen molar-refractivity contribution in [3.63, 3.8) is 0 Å². The quantitative estimate of drug-likeness (QED) is 0.897. The number of hydrogen-bond acceptors (Lipinski definition) is 3. The highest BCUT2D eigenvalue weighted by Crippen LogP contribution is 2.22. The van der Waals surface area contributed by atoms with Crippen LogP contribution in [0.5, 0.6) is 0 Å². The Balaban J connectivity index is 2.25. The molecule has 0 radical (unpaired) electrons. The average Bonchev–Trinajstić information content (AvgIpc) is 2.42. The molecule has 0 aliphatic heterocycles. The molecule has 0 saturated heterocycles. The van der Waals surface area contributed by atoms with Crippen molar-refractivity contribution in [1.82, 2.24) is 4.98 Å². The Bertz CT molecular complexity index is 644. The highest BCUT2D eigenvalue weighted by molar-refractivity contribution is 5.93. The predicted octanol–water partition coefficient (Wildman–Crippen LogP) is 3.40. The minimum Gasteiger partial charge on any atom is -0.478 e. The lowest BCUT2D eigenvalue weighted by molar-refractivity contribution is 0.0697. The second-order valence-electron chi connectivity index (χ2n) is 4.58. The zero-order valence-corrected chi connectivity index (χ0v) is 11.2. The smallest absolute Gasteiger partial charge is 0.339 e. The van der Waals surface area contributed by atoms with Crippen molar-refractivity contribution in [3.05, 3.63) is 59.0 Å². The molecule has 1 heterocycles. The summed E-state index contributed by atoms with van der Waals surface area (Å²) in [5, 5.41) is 12.1. The Morgan fingerprint density at radius 3 is 2.80 bits per heavy atom. The van der Waals surface area contributed by atoms with Gasteiger partial charge in [-0.2, -0.15) is 0 Å². The largest absolute Gasteiger partial charge is 0.478 e. The maximum absolute atomic E-state index is 13.5. The number of aryl methyl sites for hydroxylation is 1. The van der Waals surface area contributed by atoms with Gasteiger partial charge in [0, 0.05) is 6.20 Å². The van der Waals surface area contributed by atoms with Crippen LogP contribution in [-0.2, 0) is 0 Å². The van der Waals surface area contributed by atoms with Gasteiger partial charge in [0.05, 0.1) is 6.04 Å². The van der Waals surface area contributed by atoms with Crippen LogP contribution in [0.3, 0.4) is 0 Å². The van der Waals surface area contributed by atoms with Crippen LogP contribution in [-0.4, -0.2) is 16.1 Å². The number of hydrogen-bond donors (Lipinski definition) is 2. The first kappa shape index (κ1) is 14.0. The monoisotopic (exact) mass is 274 g/mol. The summed E-state index contributed by atoms with van der Waals surface area (Å²) < 4.78 is 13.5. The molecule has 5 heteroatoms. The van der Waals surface area contributed by atoms with Crippen LogP contribution >= 0.6 is 0 Å². The molecule has 20 heavy (non-hydrogen) atoms. The summed E-state index contributed by atoms with van der Waals surface area (Å²) >= 11 is 0. The average molecular weight is 274 g/mol. The van der Waals surface area contributed by atoms with Crippen molar-refractivity contribution in [1.29, 1.82) is 0 Å². The molecule has 104 valence electrons. The molecule has 1 aromatic heterocycles. The van der Waals surface area contributed by atoms with Gasteiger partial charge < -0.3 is 10.4 Å². The van der Waals surface area contributed by atoms with E-state index in [-0.39, 0.29) is 23.2 Å². The summed E-state index contributed by atoms with van der Waals surface area (Å²) in [6.07, 6.45) is 1.51. The maximum atomic E-state index is 13.5. The van der Waals surface area contributed by atoms with Crippen molar-refractivity contribution in [2.75, 3.05) is 5.32 Å². The SMILES string of the molecule is Cc1ccc(C(C)Nc2ncccc2C(=O)O)cc1F. The van der Waals surface area contributed by atoms with Gasteiger partial charge in [0.15, 0.2) is 0 Å². The van der Waals surface area contributed by atoms with Crippen molar-refractivity contribution < 1.29 is 14.3 Å².